The number of likely N-dealkylation sites (tertiary alicyclic amines) is 1. The second-order valence-electron chi connectivity index (χ2n) is 5.84. The molecule has 2 fully saturated rings. The van der Waals surface area contributed by atoms with Gasteiger partial charge in [-0.2, -0.15) is 0 Å². The summed E-state index contributed by atoms with van der Waals surface area (Å²) >= 11 is 0. The first-order valence-corrected chi connectivity index (χ1v) is 6.30. The maximum Gasteiger partial charge on any atom is 0.138 e. The second-order valence-corrected chi connectivity index (χ2v) is 5.84. The maximum atomic E-state index is 12.0. The van der Waals surface area contributed by atoms with Crippen LogP contribution in [0.3, 0.4) is 0 Å². The van der Waals surface area contributed by atoms with Crippen LogP contribution in [-0.4, -0.2) is 29.3 Å². The van der Waals surface area contributed by atoms with Crippen molar-refractivity contribution in [2.75, 3.05) is 6.54 Å². The van der Waals surface area contributed by atoms with Crippen LogP contribution in [0, 0.1) is 17.8 Å². The third kappa shape index (κ3) is 1.84. The van der Waals surface area contributed by atoms with Crippen LogP contribution in [-0.2, 0) is 4.79 Å². The Hall–Kier alpha value is -0.370. The topological polar surface area (TPSA) is 20.3 Å². The van der Waals surface area contributed by atoms with E-state index >= 15 is 0 Å². The Labute approximate surface area is 93.0 Å². The van der Waals surface area contributed by atoms with E-state index < -0.39 is 0 Å². The summed E-state index contributed by atoms with van der Waals surface area (Å²) in [5, 5.41) is 0. The monoisotopic (exact) mass is 209 g/mol. The van der Waals surface area contributed by atoms with Crippen molar-refractivity contribution in [2.45, 2.75) is 52.6 Å². The van der Waals surface area contributed by atoms with Crippen molar-refractivity contribution in [2.24, 2.45) is 17.8 Å². The lowest BCUT2D eigenvalue weighted by atomic mass is 9.85. The highest BCUT2D eigenvalue weighted by Gasteiger charge is 2.47. The molecule has 1 saturated heterocycles. The minimum Gasteiger partial charge on any atom is -0.299 e. The number of carbonyl (C=O) groups excluding carboxylic acids is 1. The van der Waals surface area contributed by atoms with E-state index in [-0.39, 0.29) is 5.92 Å². The molecule has 86 valence electrons. The highest BCUT2D eigenvalue weighted by atomic mass is 16.1. The van der Waals surface area contributed by atoms with Crippen LogP contribution in [0.1, 0.15) is 40.5 Å². The van der Waals surface area contributed by atoms with Crippen molar-refractivity contribution in [3.8, 4) is 0 Å². The van der Waals surface area contributed by atoms with Crippen LogP contribution in [0.15, 0.2) is 0 Å². The molecule has 2 heteroatoms. The Morgan fingerprint density at radius 3 is 2.27 bits per heavy atom. The molecule has 1 saturated carbocycles. The van der Waals surface area contributed by atoms with E-state index in [1.807, 2.05) is 13.8 Å². The van der Waals surface area contributed by atoms with Gasteiger partial charge in [-0.05, 0) is 32.6 Å². The average molecular weight is 209 g/mol. The molecule has 0 spiro atoms. The first-order valence-electron chi connectivity index (χ1n) is 6.30. The molecular weight excluding hydrogens is 186 g/mol. The normalized spacial score (nSPS) is 35.7. The van der Waals surface area contributed by atoms with Crippen LogP contribution in [0.4, 0.5) is 0 Å². The Balaban J connectivity index is 2.00. The Bertz CT molecular complexity index is 259. The van der Waals surface area contributed by atoms with Crippen LogP contribution < -0.4 is 0 Å². The highest BCUT2D eigenvalue weighted by molar-refractivity contribution is 5.83. The molecule has 1 aliphatic heterocycles. The minimum atomic E-state index is 0.224. The van der Waals surface area contributed by atoms with E-state index in [1.54, 1.807) is 0 Å². The van der Waals surface area contributed by atoms with Crippen molar-refractivity contribution < 1.29 is 4.79 Å². The van der Waals surface area contributed by atoms with Gasteiger partial charge in [0.2, 0.25) is 0 Å². The molecule has 0 amide bonds. The zero-order valence-corrected chi connectivity index (χ0v) is 10.4. The molecule has 3 atom stereocenters. The molecule has 0 radical (unpaired) electrons. The zero-order valence-electron chi connectivity index (χ0n) is 10.4. The van der Waals surface area contributed by atoms with E-state index in [2.05, 4.69) is 18.7 Å². The van der Waals surface area contributed by atoms with Crippen LogP contribution in [0.25, 0.3) is 0 Å². The van der Waals surface area contributed by atoms with E-state index in [1.165, 1.54) is 6.42 Å². The van der Waals surface area contributed by atoms with Crippen molar-refractivity contribution in [3.05, 3.63) is 0 Å². The Morgan fingerprint density at radius 2 is 1.87 bits per heavy atom. The van der Waals surface area contributed by atoms with Gasteiger partial charge < -0.3 is 0 Å². The summed E-state index contributed by atoms with van der Waals surface area (Å²) in [6.45, 7) is 9.76. The summed E-state index contributed by atoms with van der Waals surface area (Å²) < 4.78 is 0. The predicted octanol–water partition coefficient (Wildman–Crippen LogP) is 2.33. The van der Waals surface area contributed by atoms with Crippen LogP contribution in [0.5, 0.6) is 0 Å². The number of carbonyl (C=O) groups is 1. The van der Waals surface area contributed by atoms with Crippen LogP contribution >= 0.6 is 0 Å². The molecule has 0 aromatic heterocycles. The lowest BCUT2D eigenvalue weighted by Gasteiger charge is -2.34. The largest absolute Gasteiger partial charge is 0.299 e. The van der Waals surface area contributed by atoms with E-state index in [4.69, 9.17) is 0 Å². The first kappa shape index (κ1) is 11.1. The standard InChI is InChI=1S/C13H23NO/c1-8(2)13(15)12-6-11-5-10(12)7-14(11)9(3)4/h8-12H,5-7H2,1-4H3. The van der Waals surface area contributed by atoms with E-state index in [0.717, 1.165) is 13.0 Å². The number of ketones is 1. The van der Waals surface area contributed by atoms with Gasteiger partial charge in [0.05, 0.1) is 0 Å². The van der Waals surface area contributed by atoms with Gasteiger partial charge in [0.25, 0.3) is 0 Å². The first-order chi connectivity index (χ1) is 7.00. The van der Waals surface area contributed by atoms with Gasteiger partial charge in [0, 0.05) is 30.5 Å². The van der Waals surface area contributed by atoms with Gasteiger partial charge in [-0.1, -0.05) is 13.8 Å². The van der Waals surface area contributed by atoms with Crippen molar-refractivity contribution in [1.82, 2.24) is 4.90 Å². The number of Topliss-reactive ketones (excluding diaryl/α,β-unsaturated/α-hetero) is 1. The molecule has 1 heterocycles. The number of hydrogen-bond donors (Lipinski definition) is 0. The van der Waals surface area contributed by atoms with Gasteiger partial charge in [-0.3, -0.25) is 9.69 Å². The maximum absolute atomic E-state index is 12.0. The van der Waals surface area contributed by atoms with E-state index in [0.29, 0.717) is 29.7 Å². The van der Waals surface area contributed by atoms with Crippen LogP contribution in [0.2, 0.25) is 0 Å². The quantitative estimate of drug-likeness (QED) is 0.711. The fourth-order valence-electron chi connectivity index (χ4n) is 3.40. The molecule has 0 aromatic carbocycles. The summed E-state index contributed by atoms with van der Waals surface area (Å²) in [5.74, 6) is 1.77. The smallest absolute Gasteiger partial charge is 0.138 e. The lowest BCUT2D eigenvalue weighted by Crippen LogP contribution is -2.42. The summed E-state index contributed by atoms with van der Waals surface area (Å²) in [6.07, 6.45) is 2.39. The molecule has 0 N–H and O–H groups in total. The molecule has 15 heavy (non-hydrogen) atoms. The molecule has 0 aromatic rings. The van der Waals surface area contributed by atoms with Gasteiger partial charge in [0.1, 0.15) is 5.78 Å². The average Bonchev–Trinajstić information content (AvgIpc) is 2.74. The fraction of sp³-hybridized carbons (Fsp3) is 0.923. The Morgan fingerprint density at radius 1 is 1.20 bits per heavy atom. The summed E-state index contributed by atoms with van der Waals surface area (Å²) in [7, 11) is 0. The number of piperidine rings is 1. The lowest BCUT2D eigenvalue weighted by molar-refractivity contribution is -0.127. The highest BCUT2D eigenvalue weighted by Crippen LogP contribution is 2.44. The predicted molar refractivity (Wildman–Crippen MR) is 61.7 cm³/mol. The van der Waals surface area contributed by atoms with Crippen molar-refractivity contribution in [1.29, 1.82) is 0 Å². The molecule has 3 unspecified atom stereocenters. The van der Waals surface area contributed by atoms with Gasteiger partial charge in [-0.25, -0.2) is 0 Å². The van der Waals surface area contributed by atoms with Gasteiger partial charge in [-0.15, -0.1) is 0 Å². The molecular formula is C13H23NO. The summed E-state index contributed by atoms with van der Waals surface area (Å²) in [6, 6.07) is 1.35. The third-order valence-electron chi connectivity index (χ3n) is 4.18. The second kappa shape index (κ2) is 3.89. The zero-order chi connectivity index (χ0) is 11.2. The number of hydrogen-bond acceptors (Lipinski definition) is 2. The summed E-state index contributed by atoms with van der Waals surface area (Å²) in [5.41, 5.74) is 0. The van der Waals surface area contributed by atoms with Crippen molar-refractivity contribution in [3.63, 3.8) is 0 Å². The summed E-state index contributed by atoms with van der Waals surface area (Å²) in [4.78, 5) is 14.6. The fourth-order valence-corrected chi connectivity index (χ4v) is 3.40. The molecule has 2 nitrogen and oxygen atoms in total. The SMILES string of the molecule is CC(C)C(=O)C1CC2CC1CN2C(C)C. The number of nitrogens with zero attached hydrogens (tertiary/aromatic N) is 1. The van der Waals surface area contributed by atoms with Crippen molar-refractivity contribution >= 4 is 5.78 Å². The number of fused-ring (bicyclic) bond motifs is 2. The number of rotatable bonds is 3. The molecule has 2 aliphatic rings. The molecule has 2 rings (SSSR count). The molecule has 1 aliphatic carbocycles. The molecule has 2 bridgehead atoms. The van der Waals surface area contributed by atoms with Gasteiger partial charge in [0.15, 0.2) is 0 Å². The van der Waals surface area contributed by atoms with Gasteiger partial charge >= 0.3 is 0 Å². The minimum absolute atomic E-state index is 0.224. The Kier molecular flexibility index (Phi) is 2.89. The third-order valence-corrected chi connectivity index (χ3v) is 4.18. The van der Waals surface area contributed by atoms with E-state index in [9.17, 15) is 4.79 Å².